The summed E-state index contributed by atoms with van der Waals surface area (Å²) in [6.45, 7) is 4.76. The number of amides is 2. The molecule has 1 aliphatic rings. The van der Waals surface area contributed by atoms with Gasteiger partial charge in [0.25, 0.3) is 0 Å². The van der Waals surface area contributed by atoms with Crippen LogP contribution in [0.4, 0.5) is 4.79 Å². The van der Waals surface area contributed by atoms with E-state index >= 15 is 0 Å². The van der Waals surface area contributed by atoms with Gasteiger partial charge < -0.3 is 15.5 Å². The summed E-state index contributed by atoms with van der Waals surface area (Å²) < 4.78 is 0. The van der Waals surface area contributed by atoms with Gasteiger partial charge >= 0.3 is 6.03 Å². The Hall–Kier alpha value is -0.770. The van der Waals surface area contributed by atoms with Gasteiger partial charge in [-0.1, -0.05) is 0 Å². The summed E-state index contributed by atoms with van der Waals surface area (Å²) in [6, 6.07) is 0.414. The van der Waals surface area contributed by atoms with Crippen LogP contribution in [0.5, 0.6) is 0 Å². The summed E-state index contributed by atoms with van der Waals surface area (Å²) in [5, 5.41) is 6.28. The number of rotatable bonds is 2. The van der Waals surface area contributed by atoms with Crippen LogP contribution in [0.1, 0.15) is 19.8 Å². The fourth-order valence-corrected chi connectivity index (χ4v) is 1.39. The Bertz CT molecular complexity index is 166. The molecule has 4 nitrogen and oxygen atoms in total. The van der Waals surface area contributed by atoms with Gasteiger partial charge in [0.1, 0.15) is 0 Å². The van der Waals surface area contributed by atoms with Crippen LogP contribution in [-0.2, 0) is 0 Å². The predicted molar refractivity (Wildman–Crippen MR) is 52.7 cm³/mol. The van der Waals surface area contributed by atoms with Gasteiger partial charge in [0, 0.05) is 19.6 Å². The lowest BCUT2D eigenvalue weighted by Gasteiger charge is -2.26. The molecular formula is C9H19N3O. The van der Waals surface area contributed by atoms with Gasteiger partial charge in [0.05, 0.1) is 0 Å². The molecule has 0 unspecified atom stereocenters. The zero-order valence-corrected chi connectivity index (χ0v) is 8.47. The molecule has 4 heteroatoms. The van der Waals surface area contributed by atoms with E-state index in [0.717, 1.165) is 32.5 Å². The lowest BCUT2D eigenvalue weighted by atomic mass is 10.1. The van der Waals surface area contributed by atoms with Gasteiger partial charge in [-0.05, 0) is 32.9 Å². The Morgan fingerprint density at radius 3 is 2.69 bits per heavy atom. The second kappa shape index (κ2) is 5.07. The Balaban J connectivity index is 2.26. The minimum atomic E-state index is 0.0504. The highest BCUT2D eigenvalue weighted by Crippen LogP contribution is 2.02. The number of nitrogens with one attached hydrogen (secondary N) is 2. The first-order chi connectivity index (χ1) is 6.24. The molecule has 2 N–H and O–H groups in total. The summed E-state index contributed by atoms with van der Waals surface area (Å²) in [4.78, 5) is 13.1. The van der Waals surface area contributed by atoms with Crippen molar-refractivity contribution < 1.29 is 4.79 Å². The third-order valence-electron chi connectivity index (χ3n) is 2.49. The smallest absolute Gasteiger partial charge is 0.317 e. The van der Waals surface area contributed by atoms with Crippen molar-refractivity contribution in [1.29, 1.82) is 0 Å². The van der Waals surface area contributed by atoms with Crippen LogP contribution in [0, 0.1) is 0 Å². The maximum Gasteiger partial charge on any atom is 0.317 e. The number of hydrogen-bond acceptors (Lipinski definition) is 2. The molecule has 1 saturated heterocycles. The van der Waals surface area contributed by atoms with Crippen LogP contribution in [-0.4, -0.2) is 43.7 Å². The largest absolute Gasteiger partial charge is 0.335 e. The molecular weight excluding hydrogens is 166 g/mol. The fraction of sp³-hybridized carbons (Fsp3) is 0.889. The molecule has 0 aromatic heterocycles. The van der Waals surface area contributed by atoms with Crippen molar-refractivity contribution in [2.75, 3.05) is 26.7 Å². The molecule has 0 spiro atoms. The standard InChI is InChI=1S/C9H19N3O/c1-3-12(2)9(13)11-8-4-6-10-7-5-8/h8,10H,3-7H2,1-2H3,(H,11,13). The number of piperidine rings is 1. The lowest BCUT2D eigenvalue weighted by molar-refractivity contribution is 0.203. The Morgan fingerprint density at radius 1 is 1.54 bits per heavy atom. The van der Waals surface area contributed by atoms with Crippen molar-refractivity contribution in [2.45, 2.75) is 25.8 Å². The molecule has 13 heavy (non-hydrogen) atoms. The molecule has 1 aliphatic heterocycles. The molecule has 0 bridgehead atoms. The first-order valence-electron chi connectivity index (χ1n) is 4.96. The molecule has 0 radical (unpaired) electrons. The van der Waals surface area contributed by atoms with Crippen molar-refractivity contribution in [3.8, 4) is 0 Å². The molecule has 1 heterocycles. The Kier molecular flexibility index (Phi) is 4.02. The van der Waals surface area contributed by atoms with Crippen LogP contribution in [0.3, 0.4) is 0 Å². The molecule has 0 aromatic carbocycles. The third kappa shape index (κ3) is 3.22. The topological polar surface area (TPSA) is 44.4 Å². The van der Waals surface area contributed by atoms with Crippen molar-refractivity contribution in [2.24, 2.45) is 0 Å². The van der Waals surface area contributed by atoms with E-state index in [1.54, 1.807) is 4.90 Å². The second-order valence-corrected chi connectivity index (χ2v) is 3.49. The Morgan fingerprint density at radius 2 is 2.15 bits per heavy atom. The van der Waals surface area contributed by atoms with E-state index in [1.165, 1.54) is 0 Å². The highest BCUT2D eigenvalue weighted by Gasteiger charge is 2.16. The molecule has 1 fully saturated rings. The van der Waals surface area contributed by atoms with E-state index in [9.17, 15) is 4.79 Å². The average Bonchev–Trinajstić information content (AvgIpc) is 2.18. The zero-order valence-electron chi connectivity index (χ0n) is 8.47. The van der Waals surface area contributed by atoms with Crippen molar-refractivity contribution >= 4 is 6.03 Å². The normalized spacial score (nSPS) is 18.3. The van der Waals surface area contributed by atoms with Crippen molar-refractivity contribution in [1.82, 2.24) is 15.5 Å². The van der Waals surface area contributed by atoms with E-state index in [1.807, 2.05) is 14.0 Å². The number of hydrogen-bond donors (Lipinski definition) is 2. The summed E-state index contributed by atoms with van der Waals surface area (Å²) in [6.07, 6.45) is 2.09. The van der Waals surface area contributed by atoms with Gasteiger partial charge in [-0.2, -0.15) is 0 Å². The van der Waals surface area contributed by atoms with Gasteiger partial charge in [0.2, 0.25) is 0 Å². The molecule has 2 amide bonds. The van der Waals surface area contributed by atoms with E-state index in [4.69, 9.17) is 0 Å². The third-order valence-corrected chi connectivity index (χ3v) is 2.49. The van der Waals surface area contributed by atoms with E-state index < -0.39 is 0 Å². The first-order valence-corrected chi connectivity index (χ1v) is 4.96. The maximum atomic E-state index is 11.4. The Labute approximate surface area is 79.7 Å². The van der Waals surface area contributed by atoms with Crippen LogP contribution >= 0.6 is 0 Å². The fourth-order valence-electron chi connectivity index (χ4n) is 1.39. The summed E-state index contributed by atoms with van der Waals surface area (Å²) in [5.41, 5.74) is 0. The van der Waals surface area contributed by atoms with Gasteiger partial charge in [0.15, 0.2) is 0 Å². The summed E-state index contributed by atoms with van der Waals surface area (Å²) in [5.74, 6) is 0. The monoisotopic (exact) mass is 185 g/mol. The molecule has 0 atom stereocenters. The molecule has 1 rings (SSSR count). The van der Waals surface area contributed by atoms with Gasteiger partial charge in [-0.25, -0.2) is 4.79 Å². The molecule has 0 aliphatic carbocycles. The summed E-state index contributed by atoms with van der Waals surface area (Å²) >= 11 is 0. The van der Waals surface area contributed by atoms with Gasteiger partial charge in [-0.3, -0.25) is 0 Å². The predicted octanol–water partition coefficient (Wildman–Crippen LogP) is 0.400. The van der Waals surface area contributed by atoms with E-state index in [-0.39, 0.29) is 6.03 Å². The highest BCUT2D eigenvalue weighted by molar-refractivity contribution is 5.74. The van der Waals surface area contributed by atoms with Crippen molar-refractivity contribution in [3.05, 3.63) is 0 Å². The number of nitrogens with zero attached hydrogens (tertiary/aromatic N) is 1. The molecule has 0 aromatic rings. The second-order valence-electron chi connectivity index (χ2n) is 3.49. The molecule has 76 valence electrons. The van der Waals surface area contributed by atoms with E-state index in [0.29, 0.717) is 6.04 Å². The van der Waals surface area contributed by atoms with Crippen molar-refractivity contribution in [3.63, 3.8) is 0 Å². The average molecular weight is 185 g/mol. The highest BCUT2D eigenvalue weighted by atomic mass is 16.2. The maximum absolute atomic E-state index is 11.4. The number of urea groups is 1. The molecule has 0 saturated carbocycles. The van der Waals surface area contributed by atoms with Gasteiger partial charge in [-0.15, -0.1) is 0 Å². The van der Waals surface area contributed by atoms with Crippen LogP contribution in [0.25, 0.3) is 0 Å². The van der Waals surface area contributed by atoms with Crippen LogP contribution in [0.15, 0.2) is 0 Å². The quantitative estimate of drug-likeness (QED) is 0.654. The van der Waals surface area contributed by atoms with Crippen LogP contribution < -0.4 is 10.6 Å². The zero-order chi connectivity index (χ0) is 9.68. The number of carbonyl (C=O) groups excluding carboxylic acids is 1. The van der Waals surface area contributed by atoms with E-state index in [2.05, 4.69) is 10.6 Å². The SMILES string of the molecule is CCN(C)C(=O)NC1CCNCC1. The summed E-state index contributed by atoms with van der Waals surface area (Å²) in [7, 11) is 1.82. The lowest BCUT2D eigenvalue weighted by Crippen LogP contribution is -2.47. The minimum Gasteiger partial charge on any atom is -0.335 e. The first kappa shape index (κ1) is 10.3. The minimum absolute atomic E-state index is 0.0504. The van der Waals surface area contributed by atoms with Crippen LogP contribution in [0.2, 0.25) is 0 Å². The number of carbonyl (C=O) groups is 1.